The summed E-state index contributed by atoms with van der Waals surface area (Å²) in [5.41, 5.74) is 8.65. The fourth-order valence-electron chi connectivity index (χ4n) is 2.01. The zero-order chi connectivity index (χ0) is 14.9. The van der Waals surface area contributed by atoms with Crippen LogP contribution in [0.5, 0.6) is 0 Å². The van der Waals surface area contributed by atoms with E-state index in [-0.39, 0.29) is 4.90 Å². The molecule has 5 heteroatoms. The molecule has 20 heavy (non-hydrogen) atoms. The molecule has 2 N–H and O–H groups in total. The molecule has 0 bridgehead atoms. The minimum Gasteiger partial charge on any atom is -0.399 e. The SMILES string of the molecule is Cc1cc(S(=O)(=O)N(C)c2ccccc2C)ccc1N. The molecule has 4 nitrogen and oxygen atoms in total. The average molecular weight is 290 g/mol. The summed E-state index contributed by atoms with van der Waals surface area (Å²) in [5.74, 6) is 0. The van der Waals surface area contributed by atoms with E-state index < -0.39 is 10.0 Å². The molecule has 0 radical (unpaired) electrons. The van der Waals surface area contributed by atoms with E-state index in [0.717, 1.165) is 11.1 Å². The van der Waals surface area contributed by atoms with Gasteiger partial charge in [0.15, 0.2) is 0 Å². The quantitative estimate of drug-likeness (QED) is 0.884. The molecule has 0 aromatic heterocycles. The minimum absolute atomic E-state index is 0.245. The zero-order valence-corrected chi connectivity index (χ0v) is 12.6. The van der Waals surface area contributed by atoms with Crippen LogP contribution in [0.2, 0.25) is 0 Å². The van der Waals surface area contributed by atoms with Gasteiger partial charge in [-0.15, -0.1) is 0 Å². The molecule has 106 valence electrons. The van der Waals surface area contributed by atoms with E-state index in [9.17, 15) is 8.42 Å². The summed E-state index contributed by atoms with van der Waals surface area (Å²) in [6.45, 7) is 3.68. The summed E-state index contributed by atoms with van der Waals surface area (Å²) in [7, 11) is -2.02. The van der Waals surface area contributed by atoms with Gasteiger partial charge in [0, 0.05) is 12.7 Å². The molecule has 0 saturated carbocycles. The number of para-hydroxylation sites is 1. The third-order valence-corrected chi connectivity index (χ3v) is 5.12. The second kappa shape index (κ2) is 5.17. The van der Waals surface area contributed by atoms with E-state index in [0.29, 0.717) is 11.4 Å². The number of benzene rings is 2. The topological polar surface area (TPSA) is 63.4 Å². The van der Waals surface area contributed by atoms with Crippen LogP contribution in [0, 0.1) is 13.8 Å². The number of aryl methyl sites for hydroxylation is 2. The van der Waals surface area contributed by atoms with Crippen molar-refractivity contribution < 1.29 is 8.42 Å². The van der Waals surface area contributed by atoms with Gasteiger partial charge in [-0.05, 0) is 49.2 Å². The monoisotopic (exact) mass is 290 g/mol. The minimum atomic E-state index is -3.58. The first kappa shape index (κ1) is 14.4. The van der Waals surface area contributed by atoms with Crippen LogP contribution < -0.4 is 10.0 Å². The highest BCUT2D eigenvalue weighted by atomic mass is 32.2. The second-order valence-electron chi connectivity index (χ2n) is 4.78. The Bertz CT molecular complexity index is 739. The van der Waals surface area contributed by atoms with Crippen molar-refractivity contribution in [2.24, 2.45) is 0 Å². The molecule has 0 amide bonds. The van der Waals surface area contributed by atoms with Gasteiger partial charge in [0.2, 0.25) is 0 Å². The van der Waals surface area contributed by atoms with Gasteiger partial charge in [0.05, 0.1) is 10.6 Å². The highest BCUT2D eigenvalue weighted by molar-refractivity contribution is 7.92. The van der Waals surface area contributed by atoms with Gasteiger partial charge >= 0.3 is 0 Å². The Morgan fingerprint density at radius 1 is 1.00 bits per heavy atom. The summed E-state index contributed by atoms with van der Waals surface area (Å²) in [4.78, 5) is 0.245. The molecule has 0 atom stereocenters. The molecular weight excluding hydrogens is 272 g/mol. The molecule has 2 rings (SSSR count). The smallest absolute Gasteiger partial charge is 0.264 e. The number of sulfonamides is 1. The standard InChI is InChI=1S/C15H18N2O2S/c1-11-6-4-5-7-15(11)17(3)20(18,19)13-8-9-14(16)12(2)10-13/h4-10H,16H2,1-3H3. The van der Waals surface area contributed by atoms with E-state index in [4.69, 9.17) is 5.73 Å². The molecule has 0 aliphatic carbocycles. The fraction of sp³-hybridized carbons (Fsp3) is 0.200. The summed E-state index contributed by atoms with van der Waals surface area (Å²) in [5, 5.41) is 0. The molecule has 0 heterocycles. The maximum absolute atomic E-state index is 12.6. The number of nitrogens with zero attached hydrogens (tertiary/aromatic N) is 1. The van der Waals surface area contributed by atoms with Crippen LogP contribution in [0.4, 0.5) is 11.4 Å². The van der Waals surface area contributed by atoms with Crippen molar-refractivity contribution in [2.45, 2.75) is 18.7 Å². The summed E-state index contributed by atoms with van der Waals surface area (Å²) >= 11 is 0. The third-order valence-electron chi connectivity index (χ3n) is 3.35. The van der Waals surface area contributed by atoms with Crippen molar-refractivity contribution in [1.82, 2.24) is 0 Å². The summed E-state index contributed by atoms with van der Waals surface area (Å²) in [6, 6.07) is 12.1. The normalized spacial score (nSPS) is 11.3. The Labute approximate surface area is 119 Å². The van der Waals surface area contributed by atoms with Crippen molar-refractivity contribution in [3.63, 3.8) is 0 Å². The zero-order valence-electron chi connectivity index (χ0n) is 11.8. The first-order valence-electron chi connectivity index (χ1n) is 6.24. The van der Waals surface area contributed by atoms with Gasteiger partial charge in [0.1, 0.15) is 0 Å². The highest BCUT2D eigenvalue weighted by Crippen LogP contribution is 2.26. The predicted molar refractivity (Wildman–Crippen MR) is 82.4 cm³/mol. The lowest BCUT2D eigenvalue weighted by Crippen LogP contribution is -2.27. The lowest BCUT2D eigenvalue weighted by atomic mass is 10.2. The maximum Gasteiger partial charge on any atom is 0.264 e. The van der Waals surface area contributed by atoms with Crippen LogP contribution in [0.3, 0.4) is 0 Å². The van der Waals surface area contributed by atoms with Gasteiger partial charge in [-0.2, -0.15) is 0 Å². The van der Waals surface area contributed by atoms with Crippen molar-refractivity contribution in [2.75, 3.05) is 17.1 Å². The number of rotatable bonds is 3. The summed E-state index contributed by atoms with van der Waals surface area (Å²) in [6.07, 6.45) is 0. The predicted octanol–water partition coefficient (Wildman–Crippen LogP) is 2.71. The number of nitrogen functional groups attached to an aromatic ring is 1. The van der Waals surface area contributed by atoms with Crippen LogP contribution >= 0.6 is 0 Å². The van der Waals surface area contributed by atoms with Gasteiger partial charge < -0.3 is 5.73 Å². The first-order chi connectivity index (χ1) is 9.34. The Kier molecular flexibility index (Phi) is 3.72. The van der Waals surface area contributed by atoms with Crippen molar-refractivity contribution >= 4 is 21.4 Å². The van der Waals surface area contributed by atoms with E-state index in [1.54, 1.807) is 32.2 Å². The molecule has 0 saturated heterocycles. The molecule has 2 aromatic rings. The second-order valence-corrected chi connectivity index (χ2v) is 6.75. The van der Waals surface area contributed by atoms with Crippen LogP contribution in [0.15, 0.2) is 47.4 Å². The lowest BCUT2D eigenvalue weighted by molar-refractivity contribution is 0.594. The number of hydrogen-bond acceptors (Lipinski definition) is 3. The molecule has 0 aliphatic heterocycles. The molecule has 0 aliphatic rings. The highest BCUT2D eigenvalue weighted by Gasteiger charge is 2.22. The maximum atomic E-state index is 12.6. The van der Waals surface area contributed by atoms with Gasteiger partial charge in [-0.25, -0.2) is 8.42 Å². The summed E-state index contributed by atoms with van der Waals surface area (Å²) < 4.78 is 26.6. The van der Waals surface area contributed by atoms with Crippen molar-refractivity contribution in [3.05, 3.63) is 53.6 Å². The molecule has 0 spiro atoms. The molecule has 0 fully saturated rings. The number of hydrogen-bond donors (Lipinski definition) is 1. The van der Waals surface area contributed by atoms with E-state index >= 15 is 0 Å². The van der Waals surface area contributed by atoms with Crippen LogP contribution in [0.25, 0.3) is 0 Å². The fourth-order valence-corrected chi connectivity index (χ4v) is 3.36. The Hall–Kier alpha value is -2.01. The lowest BCUT2D eigenvalue weighted by Gasteiger charge is -2.21. The van der Waals surface area contributed by atoms with E-state index in [2.05, 4.69) is 0 Å². The first-order valence-corrected chi connectivity index (χ1v) is 7.68. The van der Waals surface area contributed by atoms with Crippen LogP contribution in [-0.2, 0) is 10.0 Å². The van der Waals surface area contributed by atoms with Crippen LogP contribution in [0.1, 0.15) is 11.1 Å². The Morgan fingerprint density at radius 2 is 1.65 bits per heavy atom. The van der Waals surface area contributed by atoms with E-state index in [1.165, 1.54) is 10.4 Å². The average Bonchev–Trinajstić information content (AvgIpc) is 2.41. The van der Waals surface area contributed by atoms with Crippen molar-refractivity contribution in [3.8, 4) is 0 Å². The number of anilines is 2. The largest absolute Gasteiger partial charge is 0.399 e. The molecular formula is C15H18N2O2S. The van der Waals surface area contributed by atoms with Gasteiger partial charge in [0.25, 0.3) is 10.0 Å². The molecule has 0 unspecified atom stereocenters. The molecule has 2 aromatic carbocycles. The van der Waals surface area contributed by atoms with Gasteiger partial charge in [-0.1, -0.05) is 18.2 Å². The van der Waals surface area contributed by atoms with Crippen molar-refractivity contribution in [1.29, 1.82) is 0 Å². The number of nitrogens with two attached hydrogens (primary N) is 1. The Balaban J connectivity index is 2.50. The van der Waals surface area contributed by atoms with Crippen LogP contribution in [-0.4, -0.2) is 15.5 Å². The van der Waals surface area contributed by atoms with Gasteiger partial charge in [-0.3, -0.25) is 4.31 Å². The Morgan fingerprint density at radius 3 is 2.25 bits per heavy atom. The van der Waals surface area contributed by atoms with E-state index in [1.807, 2.05) is 25.1 Å². The third kappa shape index (κ3) is 2.49.